The number of nitrogens with one attached hydrogen (secondary N) is 2. The predicted octanol–water partition coefficient (Wildman–Crippen LogP) is 2.10. The number of nitriles is 2. The minimum atomic E-state index is -0.680. The molecule has 1 heterocycles. The Morgan fingerprint density at radius 3 is 2.65 bits per heavy atom. The maximum absolute atomic E-state index is 11.3. The minimum absolute atomic E-state index is 0.197. The normalized spacial score (nSPS) is 8.94. The van der Waals surface area contributed by atoms with Crippen molar-refractivity contribution >= 4 is 28.1 Å². The fraction of sp³-hybridized carbons (Fsp3) is 0.300. The van der Waals surface area contributed by atoms with Gasteiger partial charge in [-0.05, 0) is 6.92 Å². The fourth-order valence-electron chi connectivity index (χ4n) is 1.18. The fourth-order valence-corrected chi connectivity index (χ4v) is 2.04. The first kappa shape index (κ1) is 12.8. The predicted molar refractivity (Wildman–Crippen MR) is 63.9 cm³/mol. The summed E-state index contributed by atoms with van der Waals surface area (Å²) in [5, 5.41) is 23.7. The van der Waals surface area contributed by atoms with Crippen LogP contribution in [0.4, 0.5) is 15.5 Å². The molecule has 0 atom stereocenters. The summed E-state index contributed by atoms with van der Waals surface area (Å²) in [5.74, 6) is 0. The van der Waals surface area contributed by atoms with Crippen molar-refractivity contribution in [2.75, 3.05) is 24.3 Å². The van der Waals surface area contributed by atoms with E-state index in [0.29, 0.717) is 5.00 Å². The van der Waals surface area contributed by atoms with Crippen molar-refractivity contribution in [2.45, 2.75) is 6.92 Å². The zero-order valence-electron chi connectivity index (χ0n) is 9.33. The average molecular weight is 250 g/mol. The maximum atomic E-state index is 11.3. The van der Waals surface area contributed by atoms with E-state index in [9.17, 15) is 4.79 Å². The lowest BCUT2D eigenvalue weighted by Crippen LogP contribution is -2.14. The average Bonchev–Trinajstić information content (AvgIpc) is 2.66. The van der Waals surface area contributed by atoms with E-state index >= 15 is 0 Å². The van der Waals surface area contributed by atoms with Crippen molar-refractivity contribution in [1.82, 2.24) is 0 Å². The van der Waals surface area contributed by atoms with Crippen LogP contribution in [0.1, 0.15) is 17.4 Å². The third-order valence-corrected chi connectivity index (χ3v) is 2.96. The molecule has 6 nitrogen and oxygen atoms in total. The summed E-state index contributed by atoms with van der Waals surface area (Å²) in [5.41, 5.74) is 0.435. The van der Waals surface area contributed by atoms with Gasteiger partial charge in [-0.2, -0.15) is 10.5 Å². The molecule has 0 saturated heterocycles. The molecule has 1 amide bonds. The second-order valence-corrected chi connectivity index (χ2v) is 3.85. The quantitative estimate of drug-likeness (QED) is 0.856. The first-order valence-corrected chi connectivity index (χ1v) is 5.58. The highest BCUT2D eigenvalue weighted by Crippen LogP contribution is 2.36. The van der Waals surface area contributed by atoms with Crippen LogP contribution >= 0.6 is 11.3 Å². The van der Waals surface area contributed by atoms with Gasteiger partial charge in [0.25, 0.3) is 0 Å². The smallest absolute Gasteiger partial charge is 0.411 e. The van der Waals surface area contributed by atoms with E-state index in [1.54, 1.807) is 14.0 Å². The van der Waals surface area contributed by atoms with Gasteiger partial charge in [0.05, 0.1) is 12.3 Å². The van der Waals surface area contributed by atoms with Crippen molar-refractivity contribution in [3.8, 4) is 12.1 Å². The Morgan fingerprint density at radius 1 is 1.47 bits per heavy atom. The van der Waals surface area contributed by atoms with Crippen LogP contribution in [0.15, 0.2) is 0 Å². The summed E-state index contributed by atoms with van der Waals surface area (Å²) >= 11 is 1.11. The Balaban J connectivity index is 3.13. The summed E-state index contributed by atoms with van der Waals surface area (Å²) in [6.45, 7) is 1.89. The van der Waals surface area contributed by atoms with Crippen LogP contribution in [-0.4, -0.2) is 19.7 Å². The summed E-state index contributed by atoms with van der Waals surface area (Å²) in [4.78, 5) is 11.5. The number of nitrogens with zero attached hydrogens (tertiary/aromatic N) is 2. The number of hydrogen-bond acceptors (Lipinski definition) is 6. The van der Waals surface area contributed by atoms with Crippen LogP contribution in [-0.2, 0) is 4.74 Å². The third kappa shape index (κ3) is 2.65. The number of rotatable bonds is 3. The topological polar surface area (TPSA) is 97.9 Å². The van der Waals surface area contributed by atoms with Crippen molar-refractivity contribution in [1.29, 1.82) is 10.5 Å². The molecule has 0 fully saturated rings. The van der Waals surface area contributed by atoms with E-state index in [2.05, 4.69) is 10.6 Å². The van der Waals surface area contributed by atoms with Gasteiger partial charge >= 0.3 is 6.09 Å². The number of carbonyl (C=O) groups is 1. The van der Waals surface area contributed by atoms with E-state index in [0.717, 1.165) is 11.3 Å². The van der Waals surface area contributed by atoms with Gasteiger partial charge in [-0.15, -0.1) is 11.3 Å². The minimum Gasteiger partial charge on any atom is -0.450 e. The zero-order chi connectivity index (χ0) is 12.8. The summed E-state index contributed by atoms with van der Waals surface area (Å²) < 4.78 is 4.70. The molecule has 0 saturated carbocycles. The lowest BCUT2D eigenvalue weighted by atomic mass is 10.2. The Hall–Kier alpha value is -2.25. The highest BCUT2D eigenvalue weighted by atomic mass is 32.1. The van der Waals surface area contributed by atoms with Gasteiger partial charge in [-0.1, -0.05) is 0 Å². The number of anilines is 2. The highest BCUT2D eigenvalue weighted by molar-refractivity contribution is 7.17. The maximum Gasteiger partial charge on any atom is 0.411 e. The molecule has 2 N–H and O–H groups in total. The molecule has 0 radical (unpaired) electrons. The Kier molecular flexibility index (Phi) is 4.32. The van der Waals surface area contributed by atoms with Gasteiger partial charge in [-0.25, -0.2) is 4.79 Å². The van der Waals surface area contributed by atoms with Gasteiger partial charge in [0, 0.05) is 7.05 Å². The second-order valence-electron chi connectivity index (χ2n) is 2.83. The van der Waals surface area contributed by atoms with E-state index in [1.165, 1.54) is 0 Å². The lowest BCUT2D eigenvalue weighted by Gasteiger charge is -2.04. The Labute approximate surface area is 102 Å². The molecule has 0 spiro atoms. The number of carbonyl (C=O) groups excluding carboxylic acids is 1. The van der Waals surface area contributed by atoms with Gasteiger partial charge in [0.15, 0.2) is 0 Å². The molecule has 17 heavy (non-hydrogen) atoms. The molecule has 0 unspecified atom stereocenters. The number of hydrogen-bond donors (Lipinski definition) is 2. The molecule has 88 valence electrons. The zero-order valence-corrected chi connectivity index (χ0v) is 10.1. The van der Waals surface area contributed by atoms with Crippen molar-refractivity contribution in [2.24, 2.45) is 0 Å². The largest absolute Gasteiger partial charge is 0.450 e. The van der Waals surface area contributed by atoms with Crippen LogP contribution in [0.2, 0.25) is 0 Å². The molecule has 7 heteroatoms. The van der Waals surface area contributed by atoms with Gasteiger partial charge in [-0.3, -0.25) is 5.32 Å². The standard InChI is InChI=1S/C10H10N4O2S/c1-3-16-10(15)14-8-6(4-11)9(13-2)17-7(8)5-12/h13H,3H2,1-2H3,(H,14,15). The molecule has 0 aliphatic carbocycles. The molecule has 0 aliphatic heterocycles. The van der Waals surface area contributed by atoms with Gasteiger partial charge in [0.1, 0.15) is 27.6 Å². The van der Waals surface area contributed by atoms with E-state index in [-0.39, 0.29) is 22.7 Å². The van der Waals surface area contributed by atoms with Crippen molar-refractivity contribution in [3.05, 3.63) is 10.4 Å². The summed E-state index contributed by atoms with van der Waals surface area (Å²) in [7, 11) is 1.64. The molecule has 0 aliphatic rings. The lowest BCUT2D eigenvalue weighted by molar-refractivity contribution is 0.168. The Morgan fingerprint density at radius 2 is 2.18 bits per heavy atom. The van der Waals surface area contributed by atoms with E-state index in [1.807, 2.05) is 12.1 Å². The summed E-state index contributed by atoms with van der Waals surface area (Å²) in [6.07, 6.45) is -0.680. The number of ether oxygens (including phenoxy) is 1. The molecule has 1 rings (SSSR count). The molecular formula is C10H10N4O2S. The van der Waals surface area contributed by atoms with Crippen molar-refractivity contribution < 1.29 is 9.53 Å². The first-order valence-electron chi connectivity index (χ1n) is 4.76. The first-order chi connectivity index (χ1) is 8.17. The highest BCUT2D eigenvalue weighted by Gasteiger charge is 2.19. The molecular weight excluding hydrogens is 240 g/mol. The van der Waals surface area contributed by atoms with Crippen LogP contribution < -0.4 is 10.6 Å². The Bertz CT molecular complexity index is 510. The van der Waals surface area contributed by atoms with Crippen LogP contribution in [0, 0.1) is 22.7 Å². The van der Waals surface area contributed by atoms with Crippen LogP contribution in [0.3, 0.4) is 0 Å². The third-order valence-electron chi connectivity index (χ3n) is 1.85. The molecule has 0 bridgehead atoms. The van der Waals surface area contributed by atoms with Gasteiger partial charge < -0.3 is 10.1 Å². The SMILES string of the molecule is CCOC(=O)Nc1c(C#N)sc(NC)c1C#N. The summed E-state index contributed by atoms with van der Waals surface area (Å²) in [6, 6.07) is 3.87. The van der Waals surface area contributed by atoms with Gasteiger partial charge in [0.2, 0.25) is 0 Å². The van der Waals surface area contributed by atoms with Crippen LogP contribution in [0.5, 0.6) is 0 Å². The molecule has 0 aromatic carbocycles. The monoisotopic (exact) mass is 250 g/mol. The van der Waals surface area contributed by atoms with Crippen molar-refractivity contribution in [3.63, 3.8) is 0 Å². The number of thiophene rings is 1. The van der Waals surface area contributed by atoms with E-state index in [4.69, 9.17) is 15.3 Å². The molecule has 1 aromatic rings. The van der Waals surface area contributed by atoms with Crippen LogP contribution in [0.25, 0.3) is 0 Å². The second kappa shape index (κ2) is 5.73. The number of amides is 1. The molecule has 1 aromatic heterocycles. The van der Waals surface area contributed by atoms with E-state index < -0.39 is 6.09 Å².